The molecule has 2 aromatic carbocycles. The van der Waals surface area contributed by atoms with E-state index in [0.717, 1.165) is 30.4 Å². The van der Waals surface area contributed by atoms with Gasteiger partial charge in [-0.3, -0.25) is 9.59 Å². The number of aliphatic carboxylic acids is 1. The van der Waals surface area contributed by atoms with E-state index in [9.17, 15) is 19.5 Å². The molecule has 1 fully saturated rings. The Balaban J connectivity index is 1.32. The van der Waals surface area contributed by atoms with Gasteiger partial charge < -0.3 is 20.5 Å². The second-order valence-electron chi connectivity index (χ2n) is 9.19. The van der Waals surface area contributed by atoms with Crippen molar-refractivity contribution in [2.75, 3.05) is 19.7 Å². The molecule has 7 nitrogen and oxygen atoms in total. The van der Waals surface area contributed by atoms with E-state index in [0.29, 0.717) is 6.42 Å². The lowest BCUT2D eigenvalue weighted by Gasteiger charge is -2.33. The minimum absolute atomic E-state index is 0.0223. The summed E-state index contributed by atoms with van der Waals surface area (Å²) in [6.07, 6.45) is 2.82. The summed E-state index contributed by atoms with van der Waals surface area (Å²) in [5.74, 6) is -1.95. The predicted octanol–water partition coefficient (Wildman–Crippen LogP) is 4.17. The summed E-state index contributed by atoms with van der Waals surface area (Å²) in [5.41, 5.74) is 4.63. The van der Waals surface area contributed by atoms with Gasteiger partial charge in [0.2, 0.25) is 5.91 Å². The minimum Gasteiger partial charge on any atom is -0.481 e. The number of carbonyl (C=O) groups is 3. The van der Waals surface area contributed by atoms with Crippen molar-refractivity contribution in [2.24, 2.45) is 17.8 Å². The first kappa shape index (κ1) is 23.8. The van der Waals surface area contributed by atoms with Crippen molar-refractivity contribution in [3.05, 3.63) is 59.7 Å². The highest BCUT2D eigenvalue weighted by Crippen LogP contribution is 2.44. The Bertz CT molecular complexity index is 1000. The van der Waals surface area contributed by atoms with Crippen LogP contribution in [0.15, 0.2) is 48.5 Å². The van der Waals surface area contributed by atoms with Crippen molar-refractivity contribution in [1.82, 2.24) is 10.6 Å². The van der Waals surface area contributed by atoms with Crippen molar-refractivity contribution < 1.29 is 24.2 Å². The fourth-order valence-corrected chi connectivity index (χ4v) is 4.92. The molecule has 0 aliphatic heterocycles. The van der Waals surface area contributed by atoms with Gasteiger partial charge in [-0.1, -0.05) is 61.9 Å². The van der Waals surface area contributed by atoms with Crippen LogP contribution in [0.4, 0.5) is 4.79 Å². The minimum atomic E-state index is -0.917. The maximum atomic E-state index is 12.8. The SMILES string of the molecule is CCC(CNC(=O)C(CNC(=O)OCC1c2ccccc2-c2ccccc21)C1CCC1)C(=O)O. The predicted molar refractivity (Wildman–Crippen MR) is 128 cm³/mol. The van der Waals surface area contributed by atoms with Crippen LogP contribution in [0, 0.1) is 17.8 Å². The molecule has 0 heterocycles. The van der Waals surface area contributed by atoms with Crippen LogP contribution in [0.1, 0.15) is 49.7 Å². The highest BCUT2D eigenvalue weighted by molar-refractivity contribution is 5.81. The lowest BCUT2D eigenvalue weighted by atomic mass is 9.75. The molecule has 0 spiro atoms. The van der Waals surface area contributed by atoms with Gasteiger partial charge in [-0.15, -0.1) is 0 Å². The fourth-order valence-electron chi connectivity index (χ4n) is 4.92. The second kappa shape index (κ2) is 10.7. The zero-order valence-corrected chi connectivity index (χ0v) is 19.5. The average Bonchev–Trinajstić information content (AvgIpc) is 3.13. The van der Waals surface area contributed by atoms with Crippen molar-refractivity contribution in [1.29, 1.82) is 0 Å². The number of fused-ring (bicyclic) bond motifs is 3. The number of hydrogen-bond acceptors (Lipinski definition) is 4. The Morgan fingerprint density at radius 1 is 0.971 bits per heavy atom. The topological polar surface area (TPSA) is 105 Å². The lowest BCUT2D eigenvalue weighted by molar-refractivity contribution is -0.141. The zero-order chi connectivity index (χ0) is 24.1. The third-order valence-corrected chi connectivity index (χ3v) is 7.23. The van der Waals surface area contributed by atoms with Gasteiger partial charge in [-0.25, -0.2) is 4.79 Å². The Morgan fingerprint density at radius 3 is 2.12 bits per heavy atom. The number of ether oxygens (including phenoxy) is 1. The molecular weight excluding hydrogens is 432 g/mol. The van der Waals surface area contributed by atoms with Gasteiger partial charge in [0.15, 0.2) is 0 Å². The molecule has 2 aromatic rings. The van der Waals surface area contributed by atoms with Crippen molar-refractivity contribution in [3.63, 3.8) is 0 Å². The Morgan fingerprint density at radius 2 is 1.59 bits per heavy atom. The molecule has 2 aliphatic rings. The molecule has 7 heteroatoms. The van der Waals surface area contributed by atoms with Crippen LogP contribution >= 0.6 is 0 Å². The summed E-state index contributed by atoms with van der Waals surface area (Å²) in [6, 6.07) is 16.3. The third-order valence-electron chi connectivity index (χ3n) is 7.23. The van der Waals surface area contributed by atoms with Gasteiger partial charge >= 0.3 is 12.1 Å². The van der Waals surface area contributed by atoms with Crippen LogP contribution in [0.2, 0.25) is 0 Å². The normalized spacial score (nSPS) is 16.5. The maximum absolute atomic E-state index is 12.8. The molecule has 2 atom stereocenters. The Hall–Kier alpha value is -3.35. The van der Waals surface area contributed by atoms with Gasteiger partial charge in [0.1, 0.15) is 6.61 Å². The van der Waals surface area contributed by atoms with Gasteiger partial charge in [-0.05, 0) is 47.4 Å². The fraction of sp³-hybridized carbons (Fsp3) is 0.444. The van der Waals surface area contributed by atoms with E-state index in [1.54, 1.807) is 6.92 Å². The zero-order valence-electron chi connectivity index (χ0n) is 19.5. The molecule has 0 aromatic heterocycles. The maximum Gasteiger partial charge on any atom is 0.407 e. The molecule has 180 valence electrons. The quantitative estimate of drug-likeness (QED) is 0.490. The molecular formula is C27H32N2O5. The smallest absolute Gasteiger partial charge is 0.407 e. The van der Waals surface area contributed by atoms with Crippen LogP contribution in [-0.2, 0) is 14.3 Å². The van der Waals surface area contributed by atoms with Crippen molar-refractivity contribution in [2.45, 2.75) is 38.5 Å². The van der Waals surface area contributed by atoms with E-state index in [-0.39, 0.29) is 43.4 Å². The van der Waals surface area contributed by atoms with E-state index >= 15 is 0 Å². The van der Waals surface area contributed by atoms with Gasteiger partial charge in [-0.2, -0.15) is 0 Å². The van der Waals surface area contributed by atoms with Crippen LogP contribution in [0.5, 0.6) is 0 Å². The Kier molecular flexibility index (Phi) is 7.50. The number of carboxylic acid groups (broad SMARTS) is 1. The first-order valence-corrected chi connectivity index (χ1v) is 12.1. The number of carboxylic acids is 1. The molecule has 3 N–H and O–H groups in total. The highest BCUT2D eigenvalue weighted by Gasteiger charge is 2.34. The average molecular weight is 465 g/mol. The summed E-state index contributed by atoms with van der Waals surface area (Å²) in [6.45, 7) is 2.28. The van der Waals surface area contributed by atoms with Crippen molar-refractivity contribution >= 4 is 18.0 Å². The van der Waals surface area contributed by atoms with E-state index in [2.05, 4.69) is 34.9 Å². The molecule has 2 aliphatic carbocycles. The number of nitrogens with one attached hydrogen (secondary N) is 2. The standard InChI is InChI=1S/C27H32N2O5/c1-2-17(26(31)32)14-28-25(30)23(18-8-7-9-18)15-29-27(33)34-16-24-21-12-5-3-10-19(21)20-11-4-6-13-22(20)24/h3-6,10-13,17-18,23-24H,2,7-9,14-16H2,1H3,(H,28,30)(H,29,33)(H,31,32). The molecule has 2 amide bonds. The second-order valence-corrected chi connectivity index (χ2v) is 9.19. The van der Waals surface area contributed by atoms with Crippen LogP contribution in [0.25, 0.3) is 11.1 Å². The molecule has 0 bridgehead atoms. The summed E-state index contributed by atoms with van der Waals surface area (Å²) in [7, 11) is 0. The van der Waals surface area contributed by atoms with E-state index in [1.165, 1.54) is 11.1 Å². The molecule has 2 unspecified atom stereocenters. The van der Waals surface area contributed by atoms with Gasteiger partial charge in [0, 0.05) is 19.0 Å². The monoisotopic (exact) mass is 464 g/mol. The Labute approximate surface area is 199 Å². The number of carbonyl (C=O) groups excluding carboxylic acids is 2. The number of rotatable bonds is 10. The number of alkyl carbamates (subject to hydrolysis) is 1. The summed E-state index contributed by atoms with van der Waals surface area (Å²) < 4.78 is 5.59. The molecule has 4 rings (SSSR count). The summed E-state index contributed by atoms with van der Waals surface area (Å²) in [5, 5.41) is 14.8. The molecule has 0 radical (unpaired) electrons. The number of hydrogen-bond donors (Lipinski definition) is 3. The first-order valence-electron chi connectivity index (χ1n) is 12.1. The van der Waals surface area contributed by atoms with E-state index in [1.807, 2.05) is 24.3 Å². The number of amides is 2. The van der Waals surface area contributed by atoms with E-state index < -0.39 is 18.0 Å². The van der Waals surface area contributed by atoms with Crippen molar-refractivity contribution in [3.8, 4) is 11.1 Å². The lowest BCUT2D eigenvalue weighted by Crippen LogP contribution is -2.46. The third kappa shape index (κ3) is 5.08. The largest absolute Gasteiger partial charge is 0.481 e. The highest BCUT2D eigenvalue weighted by atomic mass is 16.5. The van der Waals surface area contributed by atoms with Gasteiger partial charge in [0.05, 0.1) is 11.8 Å². The van der Waals surface area contributed by atoms with Crippen LogP contribution in [-0.4, -0.2) is 42.8 Å². The first-order chi connectivity index (χ1) is 16.5. The molecule has 1 saturated carbocycles. The molecule has 34 heavy (non-hydrogen) atoms. The van der Waals surface area contributed by atoms with E-state index in [4.69, 9.17) is 4.74 Å². The summed E-state index contributed by atoms with van der Waals surface area (Å²) >= 11 is 0. The molecule has 0 saturated heterocycles. The van der Waals surface area contributed by atoms with Crippen LogP contribution in [0.3, 0.4) is 0 Å². The number of benzene rings is 2. The summed E-state index contributed by atoms with van der Waals surface area (Å²) in [4.78, 5) is 36.6. The van der Waals surface area contributed by atoms with Crippen LogP contribution < -0.4 is 10.6 Å². The van der Waals surface area contributed by atoms with Gasteiger partial charge in [0.25, 0.3) is 0 Å².